The van der Waals surface area contributed by atoms with Gasteiger partial charge in [0, 0.05) is 6.61 Å². The van der Waals surface area contributed by atoms with Gasteiger partial charge in [-0.05, 0) is 6.42 Å². The number of hydrogen-bond donors (Lipinski definition) is 0. The second-order valence-electron chi connectivity index (χ2n) is 2.59. The van der Waals surface area contributed by atoms with Crippen LogP contribution in [0.15, 0.2) is 0 Å². The fraction of sp³-hybridized carbons (Fsp3) is 0.857. The molecular formula is C7H10F2O3. The van der Waals surface area contributed by atoms with E-state index in [2.05, 4.69) is 4.74 Å². The molecule has 1 aliphatic rings. The molecule has 2 atom stereocenters. The Kier molecular flexibility index (Phi) is 2.97. The molecule has 0 N–H and O–H groups in total. The van der Waals surface area contributed by atoms with Gasteiger partial charge in [0.1, 0.15) is 6.10 Å². The van der Waals surface area contributed by atoms with Gasteiger partial charge in [0.05, 0.1) is 13.0 Å². The minimum absolute atomic E-state index is 0.203. The molecule has 0 saturated carbocycles. The lowest BCUT2D eigenvalue weighted by atomic mass is 10.0. The van der Waals surface area contributed by atoms with Gasteiger partial charge in [0.15, 0.2) is 0 Å². The topological polar surface area (TPSA) is 35.5 Å². The molecule has 0 bridgehead atoms. The molecule has 12 heavy (non-hydrogen) atoms. The minimum atomic E-state index is -2.61. The van der Waals surface area contributed by atoms with Crippen molar-refractivity contribution < 1.29 is 23.0 Å². The smallest absolute Gasteiger partial charge is 0.311 e. The van der Waals surface area contributed by atoms with E-state index in [0.29, 0.717) is 6.42 Å². The van der Waals surface area contributed by atoms with Crippen LogP contribution in [0.2, 0.25) is 0 Å². The maximum Gasteiger partial charge on any atom is 0.311 e. The Bertz CT molecular complexity index is 172. The van der Waals surface area contributed by atoms with E-state index in [9.17, 15) is 13.6 Å². The highest BCUT2D eigenvalue weighted by atomic mass is 19.3. The Balaban J connectivity index is 2.57. The summed E-state index contributed by atoms with van der Waals surface area (Å²) in [6.45, 7) is 0.203. The zero-order chi connectivity index (χ0) is 9.14. The van der Waals surface area contributed by atoms with Crippen LogP contribution in [0.3, 0.4) is 0 Å². The largest absolute Gasteiger partial charge is 0.469 e. The van der Waals surface area contributed by atoms with Crippen molar-refractivity contribution in [1.82, 2.24) is 0 Å². The van der Waals surface area contributed by atoms with Crippen molar-refractivity contribution in [3.8, 4) is 0 Å². The van der Waals surface area contributed by atoms with Gasteiger partial charge in [0.2, 0.25) is 0 Å². The number of carbonyl (C=O) groups is 1. The second-order valence-corrected chi connectivity index (χ2v) is 2.59. The number of ether oxygens (including phenoxy) is 2. The van der Waals surface area contributed by atoms with Gasteiger partial charge >= 0.3 is 5.97 Å². The molecule has 0 aromatic carbocycles. The van der Waals surface area contributed by atoms with E-state index in [4.69, 9.17) is 4.74 Å². The molecule has 0 radical (unpaired) electrons. The third-order valence-electron chi connectivity index (χ3n) is 1.89. The lowest BCUT2D eigenvalue weighted by Gasteiger charge is -2.14. The number of esters is 1. The molecule has 1 aliphatic heterocycles. The molecule has 0 spiro atoms. The minimum Gasteiger partial charge on any atom is -0.469 e. The van der Waals surface area contributed by atoms with Crippen LogP contribution in [0, 0.1) is 5.92 Å². The Hall–Kier alpha value is -0.710. The third kappa shape index (κ3) is 1.72. The predicted molar refractivity (Wildman–Crippen MR) is 35.9 cm³/mol. The summed E-state index contributed by atoms with van der Waals surface area (Å²) in [4.78, 5) is 10.9. The van der Waals surface area contributed by atoms with Crippen LogP contribution < -0.4 is 0 Å². The van der Waals surface area contributed by atoms with E-state index >= 15 is 0 Å². The van der Waals surface area contributed by atoms with Crippen LogP contribution in [-0.4, -0.2) is 32.2 Å². The summed E-state index contributed by atoms with van der Waals surface area (Å²) in [7, 11) is 1.18. The van der Waals surface area contributed by atoms with Gasteiger partial charge in [-0.15, -0.1) is 0 Å². The Morgan fingerprint density at radius 2 is 2.33 bits per heavy atom. The zero-order valence-corrected chi connectivity index (χ0v) is 6.63. The maximum absolute atomic E-state index is 12.2. The van der Waals surface area contributed by atoms with Crippen molar-refractivity contribution in [3.63, 3.8) is 0 Å². The predicted octanol–water partition coefficient (Wildman–Crippen LogP) is 0.830. The van der Waals surface area contributed by atoms with Crippen LogP contribution in [0.4, 0.5) is 8.78 Å². The van der Waals surface area contributed by atoms with Crippen LogP contribution in [0.1, 0.15) is 6.42 Å². The fourth-order valence-electron chi connectivity index (χ4n) is 1.26. The van der Waals surface area contributed by atoms with E-state index in [1.807, 2.05) is 0 Å². The van der Waals surface area contributed by atoms with E-state index in [1.165, 1.54) is 7.11 Å². The molecule has 0 unspecified atom stereocenters. The Morgan fingerprint density at radius 1 is 1.67 bits per heavy atom. The first-order valence-electron chi connectivity index (χ1n) is 3.64. The zero-order valence-electron chi connectivity index (χ0n) is 6.63. The van der Waals surface area contributed by atoms with E-state index < -0.39 is 24.4 Å². The van der Waals surface area contributed by atoms with Crippen LogP contribution >= 0.6 is 0 Å². The quantitative estimate of drug-likeness (QED) is 0.590. The molecule has 70 valence electrons. The standard InChI is InChI=1S/C7H10F2O3/c1-11-7(10)4-2-3-12-5(4)6(8)9/h4-6H,2-3H2,1H3/t4-,5+/m0/s1. The number of methoxy groups -OCH3 is 1. The van der Waals surface area contributed by atoms with Gasteiger partial charge in [-0.3, -0.25) is 4.79 Å². The summed E-state index contributed by atoms with van der Waals surface area (Å²) in [6.07, 6.45) is -3.57. The summed E-state index contributed by atoms with van der Waals surface area (Å²) in [6, 6.07) is 0. The highest BCUT2D eigenvalue weighted by Gasteiger charge is 2.40. The molecule has 5 heteroatoms. The van der Waals surface area contributed by atoms with Crippen molar-refractivity contribution >= 4 is 5.97 Å². The van der Waals surface area contributed by atoms with Crippen LogP contribution in [-0.2, 0) is 14.3 Å². The van der Waals surface area contributed by atoms with Gasteiger partial charge in [-0.2, -0.15) is 0 Å². The summed E-state index contributed by atoms with van der Waals surface area (Å²) in [5, 5.41) is 0. The fourth-order valence-corrected chi connectivity index (χ4v) is 1.26. The summed E-state index contributed by atoms with van der Waals surface area (Å²) in [5.41, 5.74) is 0. The molecule has 3 nitrogen and oxygen atoms in total. The van der Waals surface area contributed by atoms with Crippen molar-refractivity contribution in [2.24, 2.45) is 5.92 Å². The first-order chi connectivity index (χ1) is 5.66. The highest BCUT2D eigenvalue weighted by Crippen LogP contribution is 2.26. The maximum atomic E-state index is 12.2. The third-order valence-corrected chi connectivity index (χ3v) is 1.89. The molecule has 0 aromatic heterocycles. The molecule has 1 heterocycles. The Morgan fingerprint density at radius 3 is 2.83 bits per heavy atom. The van der Waals surface area contributed by atoms with Crippen molar-refractivity contribution in [2.75, 3.05) is 13.7 Å². The summed E-state index contributed by atoms with van der Waals surface area (Å²) < 4.78 is 33.4. The summed E-state index contributed by atoms with van der Waals surface area (Å²) >= 11 is 0. The second kappa shape index (κ2) is 3.80. The molecular weight excluding hydrogens is 170 g/mol. The first kappa shape index (κ1) is 9.38. The monoisotopic (exact) mass is 180 g/mol. The van der Waals surface area contributed by atoms with Gasteiger partial charge < -0.3 is 9.47 Å². The number of alkyl halides is 2. The van der Waals surface area contributed by atoms with E-state index in [0.717, 1.165) is 0 Å². The van der Waals surface area contributed by atoms with E-state index in [1.54, 1.807) is 0 Å². The van der Waals surface area contributed by atoms with Crippen molar-refractivity contribution in [1.29, 1.82) is 0 Å². The van der Waals surface area contributed by atoms with Crippen LogP contribution in [0.5, 0.6) is 0 Å². The normalized spacial score (nSPS) is 29.3. The van der Waals surface area contributed by atoms with Gasteiger partial charge in [-0.1, -0.05) is 0 Å². The number of halogens is 2. The highest BCUT2D eigenvalue weighted by molar-refractivity contribution is 5.73. The average molecular weight is 180 g/mol. The van der Waals surface area contributed by atoms with Gasteiger partial charge in [-0.25, -0.2) is 8.78 Å². The number of carbonyl (C=O) groups excluding carboxylic acids is 1. The lowest BCUT2D eigenvalue weighted by Crippen LogP contribution is -2.31. The van der Waals surface area contributed by atoms with Crippen LogP contribution in [0.25, 0.3) is 0 Å². The molecule has 1 saturated heterocycles. The Labute approximate surface area is 68.6 Å². The van der Waals surface area contributed by atoms with Crippen molar-refractivity contribution in [2.45, 2.75) is 19.0 Å². The van der Waals surface area contributed by atoms with Crippen molar-refractivity contribution in [3.05, 3.63) is 0 Å². The molecule has 1 rings (SSSR count). The molecule has 0 aromatic rings. The number of rotatable bonds is 2. The SMILES string of the molecule is COC(=O)[C@H]1CCO[C@H]1C(F)F. The summed E-state index contributed by atoms with van der Waals surface area (Å²) in [5.74, 6) is -1.41. The average Bonchev–Trinajstić information content (AvgIpc) is 2.50. The first-order valence-corrected chi connectivity index (χ1v) is 3.64. The number of hydrogen-bond acceptors (Lipinski definition) is 3. The molecule has 0 aliphatic carbocycles. The van der Waals surface area contributed by atoms with Gasteiger partial charge in [0.25, 0.3) is 6.43 Å². The molecule has 0 amide bonds. The lowest BCUT2D eigenvalue weighted by molar-refractivity contribution is -0.150. The van der Waals surface area contributed by atoms with E-state index in [-0.39, 0.29) is 6.61 Å². The molecule has 1 fully saturated rings.